The molecule has 0 amide bonds. The molecule has 2 rings (SSSR count). The van der Waals surface area contributed by atoms with Crippen LogP contribution in [0.4, 0.5) is 0 Å². The van der Waals surface area contributed by atoms with E-state index in [0.717, 1.165) is 11.3 Å². The molecule has 1 spiro atoms. The maximum Gasteiger partial charge on any atom is 0.00381 e. The van der Waals surface area contributed by atoms with Crippen molar-refractivity contribution in [2.75, 3.05) is 20.1 Å². The van der Waals surface area contributed by atoms with E-state index in [1.54, 1.807) is 0 Å². The van der Waals surface area contributed by atoms with Crippen LogP contribution in [0, 0.1) is 11.3 Å². The van der Waals surface area contributed by atoms with E-state index in [9.17, 15) is 0 Å². The first kappa shape index (κ1) is 5.72. The molecule has 0 unspecified atom stereocenters. The second-order valence-corrected chi connectivity index (χ2v) is 3.96. The number of rotatable bonds is 0. The Hall–Kier alpha value is -0.0400. The van der Waals surface area contributed by atoms with E-state index < -0.39 is 0 Å². The minimum Gasteiger partial charge on any atom is -0.306 e. The van der Waals surface area contributed by atoms with Crippen molar-refractivity contribution in [1.82, 2.24) is 4.90 Å². The van der Waals surface area contributed by atoms with Gasteiger partial charge < -0.3 is 4.90 Å². The summed E-state index contributed by atoms with van der Waals surface area (Å²) in [6, 6.07) is 0. The van der Waals surface area contributed by atoms with Crippen molar-refractivity contribution < 1.29 is 0 Å². The fourth-order valence-corrected chi connectivity index (χ4v) is 2.23. The van der Waals surface area contributed by atoms with Crippen molar-refractivity contribution in [3.63, 3.8) is 0 Å². The van der Waals surface area contributed by atoms with Gasteiger partial charge in [0.05, 0.1) is 0 Å². The molecule has 1 aliphatic carbocycles. The third-order valence-corrected chi connectivity index (χ3v) is 3.11. The SMILES string of the molecule is C[C@H]1CN(C)CC12CC2. The lowest BCUT2D eigenvalue weighted by Gasteiger charge is -2.08. The Morgan fingerprint density at radius 1 is 1.44 bits per heavy atom. The van der Waals surface area contributed by atoms with Crippen LogP contribution < -0.4 is 0 Å². The Bertz CT molecular complexity index is 127. The molecule has 9 heavy (non-hydrogen) atoms. The van der Waals surface area contributed by atoms with Gasteiger partial charge in [-0.25, -0.2) is 0 Å². The predicted molar refractivity (Wildman–Crippen MR) is 38.3 cm³/mol. The van der Waals surface area contributed by atoms with E-state index in [1.165, 1.54) is 25.9 Å². The lowest BCUT2D eigenvalue weighted by atomic mass is 9.95. The molecule has 1 nitrogen and oxygen atoms in total. The van der Waals surface area contributed by atoms with Gasteiger partial charge in [-0.3, -0.25) is 0 Å². The Morgan fingerprint density at radius 3 is 2.33 bits per heavy atom. The van der Waals surface area contributed by atoms with E-state index in [2.05, 4.69) is 18.9 Å². The number of nitrogens with zero attached hydrogens (tertiary/aromatic N) is 1. The molecule has 1 saturated carbocycles. The number of hydrogen-bond acceptors (Lipinski definition) is 1. The van der Waals surface area contributed by atoms with E-state index in [1.807, 2.05) is 0 Å². The van der Waals surface area contributed by atoms with Gasteiger partial charge in [0.1, 0.15) is 0 Å². The molecule has 0 aromatic heterocycles. The first-order valence-corrected chi connectivity index (χ1v) is 3.91. The van der Waals surface area contributed by atoms with Crippen LogP contribution in [0.15, 0.2) is 0 Å². The fourth-order valence-electron chi connectivity index (χ4n) is 2.23. The largest absolute Gasteiger partial charge is 0.306 e. The third kappa shape index (κ3) is 0.710. The smallest absolute Gasteiger partial charge is 0.00381 e. The Labute approximate surface area is 57.0 Å². The molecule has 1 saturated heterocycles. The highest BCUT2D eigenvalue weighted by atomic mass is 15.1. The van der Waals surface area contributed by atoms with Gasteiger partial charge in [-0.15, -0.1) is 0 Å². The average molecular weight is 125 g/mol. The Kier molecular flexibility index (Phi) is 0.963. The highest BCUT2D eigenvalue weighted by Crippen LogP contribution is 2.55. The topological polar surface area (TPSA) is 3.24 Å². The summed E-state index contributed by atoms with van der Waals surface area (Å²) in [7, 11) is 2.24. The fraction of sp³-hybridized carbons (Fsp3) is 1.00. The monoisotopic (exact) mass is 125 g/mol. The third-order valence-electron chi connectivity index (χ3n) is 3.11. The van der Waals surface area contributed by atoms with Gasteiger partial charge in [-0.2, -0.15) is 0 Å². The molecule has 0 N–H and O–H groups in total. The summed E-state index contributed by atoms with van der Waals surface area (Å²) in [4.78, 5) is 2.47. The normalized spacial score (nSPS) is 40.0. The highest BCUT2D eigenvalue weighted by molar-refractivity contribution is 5.03. The van der Waals surface area contributed by atoms with Crippen molar-refractivity contribution in [3.8, 4) is 0 Å². The summed E-state index contributed by atoms with van der Waals surface area (Å²) in [6.45, 7) is 5.10. The summed E-state index contributed by atoms with van der Waals surface area (Å²) in [5.74, 6) is 0.975. The molecule has 1 heteroatoms. The van der Waals surface area contributed by atoms with Crippen LogP contribution in [0.1, 0.15) is 19.8 Å². The van der Waals surface area contributed by atoms with Crippen LogP contribution in [0.2, 0.25) is 0 Å². The molecule has 0 aromatic rings. The minimum absolute atomic E-state index is 0.800. The number of hydrogen-bond donors (Lipinski definition) is 0. The Balaban J connectivity index is 2.10. The van der Waals surface area contributed by atoms with E-state index >= 15 is 0 Å². The standard InChI is InChI=1S/C8H15N/c1-7-5-9(2)6-8(7)3-4-8/h7H,3-6H2,1-2H3/t7-/m0/s1. The maximum atomic E-state index is 2.47. The summed E-state index contributed by atoms with van der Waals surface area (Å²) >= 11 is 0. The van der Waals surface area contributed by atoms with Gasteiger partial charge in [0, 0.05) is 13.1 Å². The molecule has 1 atom stereocenters. The zero-order valence-electron chi connectivity index (χ0n) is 6.35. The van der Waals surface area contributed by atoms with Crippen molar-refractivity contribution in [3.05, 3.63) is 0 Å². The zero-order valence-corrected chi connectivity index (χ0v) is 6.35. The molecular formula is C8H15N. The van der Waals surface area contributed by atoms with Crippen LogP contribution >= 0.6 is 0 Å². The first-order valence-electron chi connectivity index (χ1n) is 3.91. The molecule has 2 aliphatic rings. The van der Waals surface area contributed by atoms with Gasteiger partial charge in [0.25, 0.3) is 0 Å². The second kappa shape index (κ2) is 1.51. The minimum atomic E-state index is 0.800. The molecule has 0 radical (unpaired) electrons. The van der Waals surface area contributed by atoms with Crippen LogP contribution in [0.25, 0.3) is 0 Å². The predicted octanol–water partition coefficient (Wildman–Crippen LogP) is 1.35. The molecule has 52 valence electrons. The molecule has 1 heterocycles. The van der Waals surface area contributed by atoms with Crippen LogP contribution in [-0.4, -0.2) is 25.0 Å². The number of likely N-dealkylation sites (tertiary alicyclic amines) is 1. The molecule has 0 bridgehead atoms. The maximum absolute atomic E-state index is 2.47. The van der Waals surface area contributed by atoms with Crippen molar-refractivity contribution in [1.29, 1.82) is 0 Å². The van der Waals surface area contributed by atoms with Crippen molar-refractivity contribution in [2.45, 2.75) is 19.8 Å². The summed E-state index contributed by atoms with van der Waals surface area (Å²) in [6.07, 6.45) is 3.00. The van der Waals surface area contributed by atoms with E-state index in [4.69, 9.17) is 0 Å². The molecule has 0 aromatic carbocycles. The Morgan fingerprint density at radius 2 is 2.11 bits per heavy atom. The second-order valence-electron chi connectivity index (χ2n) is 3.96. The highest BCUT2D eigenvalue weighted by Gasteiger charge is 2.51. The molecule has 1 aliphatic heterocycles. The van der Waals surface area contributed by atoms with Crippen molar-refractivity contribution in [2.24, 2.45) is 11.3 Å². The van der Waals surface area contributed by atoms with Gasteiger partial charge >= 0.3 is 0 Å². The lowest BCUT2D eigenvalue weighted by molar-refractivity contribution is 0.389. The lowest BCUT2D eigenvalue weighted by Crippen LogP contribution is -2.14. The first-order chi connectivity index (χ1) is 4.23. The average Bonchev–Trinajstić information content (AvgIpc) is 2.42. The quantitative estimate of drug-likeness (QED) is 0.472. The van der Waals surface area contributed by atoms with Gasteiger partial charge in [-0.05, 0) is 31.2 Å². The van der Waals surface area contributed by atoms with Gasteiger partial charge in [0.15, 0.2) is 0 Å². The van der Waals surface area contributed by atoms with Crippen molar-refractivity contribution >= 4 is 0 Å². The van der Waals surface area contributed by atoms with Crippen LogP contribution in [0.3, 0.4) is 0 Å². The van der Waals surface area contributed by atoms with Gasteiger partial charge in [-0.1, -0.05) is 6.92 Å². The van der Waals surface area contributed by atoms with E-state index in [-0.39, 0.29) is 0 Å². The zero-order chi connectivity index (χ0) is 6.48. The van der Waals surface area contributed by atoms with Crippen LogP contribution in [0.5, 0.6) is 0 Å². The summed E-state index contributed by atoms with van der Waals surface area (Å²) < 4.78 is 0. The molecular weight excluding hydrogens is 110 g/mol. The van der Waals surface area contributed by atoms with Gasteiger partial charge in [0.2, 0.25) is 0 Å². The van der Waals surface area contributed by atoms with Crippen LogP contribution in [-0.2, 0) is 0 Å². The molecule has 2 fully saturated rings. The summed E-state index contributed by atoms with van der Waals surface area (Å²) in [5.41, 5.74) is 0.800. The summed E-state index contributed by atoms with van der Waals surface area (Å²) in [5, 5.41) is 0. The van der Waals surface area contributed by atoms with E-state index in [0.29, 0.717) is 0 Å².